The normalized spacial score (nSPS) is 23.2. The molecule has 1 aromatic rings. The number of ketones is 2. The first-order valence-electron chi connectivity index (χ1n) is 7.18. The SMILES string of the molecule is CCC(NC1CC1=O)C(=O)c1noc(N2CCOCC2)n1. The summed E-state index contributed by atoms with van der Waals surface area (Å²) in [5.74, 6) is -0.0345. The highest BCUT2D eigenvalue weighted by Gasteiger charge is 2.38. The van der Waals surface area contributed by atoms with Crippen molar-refractivity contribution >= 4 is 17.6 Å². The van der Waals surface area contributed by atoms with Crippen LogP contribution in [-0.4, -0.2) is 60.1 Å². The summed E-state index contributed by atoms with van der Waals surface area (Å²) in [7, 11) is 0. The van der Waals surface area contributed by atoms with Crippen LogP contribution >= 0.6 is 0 Å². The lowest BCUT2D eigenvalue weighted by Crippen LogP contribution is -2.39. The van der Waals surface area contributed by atoms with Crippen LogP contribution in [0.1, 0.15) is 30.4 Å². The van der Waals surface area contributed by atoms with Crippen LogP contribution < -0.4 is 10.2 Å². The summed E-state index contributed by atoms with van der Waals surface area (Å²) in [5.41, 5.74) is 0. The van der Waals surface area contributed by atoms with E-state index in [1.807, 2.05) is 11.8 Å². The lowest BCUT2D eigenvalue weighted by molar-refractivity contribution is -0.110. The number of morpholine rings is 1. The molecule has 0 amide bonds. The number of carbonyl (C=O) groups excluding carboxylic acids is 2. The second kappa shape index (κ2) is 5.90. The van der Waals surface area contributed by atoms with E-state index in [0.29, 0.717) is 45.2 Å². The van der Waals surface area contributed by atoms with Gasteiger partial charge in [0.2, 0.25) is 11.6 Å². The molecule has 1 saturated carbocycles. The molecule has 2 fully saturated rings. The number of hydrogen-bond acceptors (Lipinski definition) is 8. The summed E-state index contributed by atoms with van der Waals surface area (Å²) < 4.78 is 10.4. The van der Waals surface area contributed by atoms with Crippen LogP contribution in [0.4, 0.5) is 6.01 Å². The van der Waals surface area contributed by atoms with Gasteiger partial charge in [-0.3, -0.25) is 14.9 Å². The molecule has 1 aromatic heterocycles. The summed E-state index contributed by atoms with van der Waals surface area (Å²) in [4.78, 5) is 29.5. The molecule has 0 spiro atoms. The number of anilines is 1. The fraction of sp³-hybridized carbons (Fsp3) is 0.692. The summed E-state index contributed by atoms with van der Waals surface area (Å²) in [6.07, 6.45) is 1.07. The molecular formula is C13H18N4O4. The van der Waals surface area contributed by atoms with Crippen molar-refractivity contribution < 1.29 is 18.8 Å². The number of hydrogen-bond donors (Lipinski definition) is 1. The van der Waals surface area contributed by atoms with Gasteiger partial charge in [0.25, 0.3) is 0 Å². The number of nitrogens with zero attached hydrogens (tertiary/aromatic N) is 3. The van der Waals surface area contributed by atoms with E-state index in [4.69, 9.17) is 9.26 Å². The first-order valence-corrected chi connectivity index (χ1v) is 7.18. The van der Waals surface area contributed by atoms with Gasteiger partial charge in [-0.2, -0.15) is 4.98 Å². The molecule has 2 heterocycles. The number of carbonyl (C=O) groups is 2. The third-order valence-corrected chi connectivity index (χ3v) is 3.68. The standard InChI is InChI=1S/C13H18N4O4/c1-2-8(14-9-7-10(9)18)11(19)12-15-13(21-16-12)17-3-5-20-6-4-17/h8-9,14H,2-7H2,1H3. The van der Waals surface area contributed by atoms with Gasteiger partial charge < -0.3 is 14.2 Å². The van der Waals surface area contributed by atoms with Crippen molar-refractivity contribution in [2.24, 2.45) is 0 Å². The molecule has 2 atom stereocenters. The van der Waals surface area contributed by atoms with Gasteiger partial charge in [0.05, 0.1) is 25.3 Å². The second-order valence-corrected chi connectivity index (χ2v) is 5.21. The third kappa shape index (κ3) is 3.11. The Bertz CT molecular complexity index is 538. The predicted molar refractivity (Wildman–Crippen MR) is 72.3 cm³/mol. The highest BCUT2D eigenvalue weighted by Crippen LogP contribution is 2.18. The van der Waals surface area contributed by atoms with Crippen LogP contribution in [0.2, 0.25) is 0 Å². The van der Waals surface area contributed by atoms with Crippen LogP contribution in [0, 0.1) is 0 Å². The minimum absolute atomic E-state index is 0.0592. The minimum atomic E-state index is -0.448. The Labute approximate surface area is 121 Å². The van der Waals surface area contributed by atoms with Gasteiger partial charge in [0.15, 0.2) is 5.78 Å². The van der Waals surface area contributed by atoms with Crippen molar-refractivity contribution in [2.75, 3.05) is 31.2 Å². The smallest absolute Gasteiger partial charge is 0.324 e. The van der Waals surface area contributed by atoms with E-state index >= 15 is 0 Å². The molecule has 3 rings (SSSR count). The van der Waals surface area contributed by atoms with Crippen molar-refractivity contribution in [3.05, 3.63) is 5.82 Å². The monoisotopic (exact) mass is 294 g/mol. The van der Waals surface area contributed by atoms with E-state index in [2.05, 4.69) is 15.5 Å². The fourth-order valence-electron chi connectivity index (χ4n) is 2.27. The molecule has 0 bridgehead atoms. The zero-order chi connectivity index (χ0) is 14.8. The third-order valence-electron chi connectivity index (χ3n) is 3.68. The second-order valence-electron chi connectivity index (χ2n) is 5.21. The van der Waals surface area contributed by atoms with Crippen LogP contribution in [0.15, 0.2) is 4.52 Å². The Hall–Kier alpha value is -1.80. The molecule has 2 aliphatic rings. The summed E-state index contributed by atoms with van der Waals surface area (Å²) in [5, 5.41) is 6.79. The molecule has 1 aliphatic carbocycles. The van der Waals surface area contributed by atoms with E-state index < -0.39 is 6.04 Å². The molecule has 0 radical (unpaired) electrons. The Morgan fingerprint density at radius 3 is 2.81 bits per heavy atom. The average Bonchev–Trinajstić information content (AvgIpc) is 3.02. The van der Waals surface area contributed by atoms with E-state index in [0.717, 1.165) is 0 Å². The number of rotatable bonds is 6. The number of ether oxygens (including phenoxy) is 1. The molecule has 8 heteroatoms. The van der Waals surface area contributed by atoms with Gasteiger partial charge in [-0.25, -0.2) is 0 Å². The quantitative estimate of drug-likeness (QED) is 0.720. The molecule has 2 unspecified atom stereocenters. The molecule has 114 valence electrons. The van der Waals surface area contributed by atoms with E-state index in [9.17, 15) is 9.59 Å². The Balaban J connectivity index is 1.66. The van der Waals surface area contributed by atoms with Crippen molar-refractivity contribution in [3.63, 3.8) is 0 Å². The van der Waals surface area contributed by atoms with Gasteiger partial charge >= 0.3 is 6.01 Å². The van der Waals surface area contributed by atoms with Gasteiger partial charge in [0.1, 0.15) is 0 Å². The van der Waals surface area contributed by atoms with E-state index in [-0.39, 0.29) is 23.4 Å². The van der Waals surface area contributed by atoms with E-state index in [1.54, 1.807) is 0 Å². The van der Waals surface area contributed by atoms with Gasteiger partial charge in [-0.15, -0.1) is 0 Å². The average molecular weight is 294 g/mol. The van der Waals surface area contributed by atoms with Gasteiger partial charge in [-0.05, 0) is 6.42 Å². The van der Waals surface area contributed by atoms with Crippen molar-refractivity contribution in [2.45, 2.75) is 31.8 Å². The van der Waals surface area contributed by atoms with Crippen molar-refractivity contribution in [1.82, 2.24) is 15.5 Å². The lowest BCUT2D eigenvalue weighted by atomic mass is 10.1. The van der Waals surface area contributed by atoms with Crippen LogP contribution in [0.3, 0.4) is 0 Å². The number of nitrogens with one attached hydrogen (secondary N) is 1. The van der Waals surface area contributed by atoms with Crippen molar-refractivity contribution in [1.29, 1.82) is 0 Å². The molecule has 1 N–H and O–H groups in total. The highest BCUT2D eigenvalue weighted by atomic mass is 16.5. The fourth-order valence-corrected chi connectivity index (χ4v) is 2.27. The lowest BCUT2D eigenvalue weighted by Gasteiger charge is -2.24. The Kier molecular flexibility index (Phi) is 3.98. The van der Waals surface area contributed by atoms with Crippen LogP contribution in [0.5, 0.6) is 0 Å². The molecule has 8 nitrogen and oxygen atoms in total. The molecule has 0 aromatic carbocycles. The number of Topliss-reactive ketones (excluding diaryl/α,β-unsaturated/α-hetero) is 2. The molecule has 1 saturated heterocycles. The maximum atomic E-state index is 12.3. The predicted octanol–water partition coefficient (Wildman–Crippen LogP) is -0.201. The summed E-state index contributed by atoms with van der Waals surface area (Å²) >= 11 is 0. The maximum absolute atomic E-state index is 12.3. The first-order chi connectivity index (χ1) is 10.2. The summed E-state index contributed by atoms with van der Waals surface area (Å²) in [6, 6.07) is -0.292. The highest BCUT2D eigenvalue weighted by molar-refractivity contribution is 6.02. The first kappa shape index (κ1) is 14.2. The summed E-state index contributed by atoms with van der Waals surface area (Å²) in [6.45, 7) is 4.43. The Morgan fingerprint density at radius 1 is 1.48 bits per heavy atom. The largest absolute Gasteiger partial charge is 0.378 e. The molecule has 21 heavy (non-hydrogen) atoms. The minimum Gasteiger partial charge on any atom is -0.378 e. The number of aromatic nitrogens is 2. The topological polar surface area (TPSA) is 97.6 Å². The van der Waals surface area contributed by atoms with E-state index in [1.165, 1.54) is 0 Å². The molecule has 1 aliphatic heterocycles. The molecular weight excluding hydrogens is 276 g/mol. The zero-order valence-electron chi connectivity index (χ0n) is 11.9. The van der Waals surface area contributed by atoms with Crippen LogP contribution in [-0.2, 0) is 9.53 Å². The van der Waals surface area contributed by atoms with Gasteiger partial charge in [0, 0.05) is 19.5 Å². The zero-order valence-corrected chi connectivity index (χ0v) is 11.9. The van der Waals surface area contributed by atoms with Crippen LogP contribution in [0.25, 0.3) is 0 Å². The van der Waals surface area contributed by atoms with Crippen molar-refractivity contribution in [3.8, 4) is 0 Å². The maximum Gasteiger partial charge on any atom is 0.324 e. The Morgan fingerprint density at radius 2 is 2.19 bits per heavy atom. The van der Waals surface area contributed by atoms with Gasteiger partial charge in [-0.1, -0.05) is 12.1 Å².